The highest BCUT2D eigenvalue weighted by Crippen LogP contribution is 2.22. The molecule has 0 aliphatic rings. The number of rotatable bonds is 3. The van der Waals surface area contributed by atoms with Crippen LogP contribution in [0.4, 0.5) is 4.39 Å². The third-order valence-electron chi connectivity index (χ3n) is 2.11. The number of terminal acetylenes is 1. The van der Waals surface area contributed by atoms with Crippen LogP contribution in [-0.4, -0.2) is 4.98 Å². The van der Waals surface area contributed by atoms with Crippen molar-refractivity contribution < 1.29 is 9.13 Å². The molecule has 0 unspecified atom stereocenters. The van der Waals surface area contributed by atoms with Crippen molar-refractivity contribution in [3.8, 4) is 24.0 Å². The zero-order chi connectivity index (χ0) is 12.1. The first-order valence-electron chi connectivity index (χ1n) is 5.11. The van der Waals surface area contributed by atoms with Gasteiger partial charge in [0.25, 0.3) is 5.88 Å². The molecule has 0 aliphatic heterocycles. The molecule has 0 atom stereocenters. The Hall–Kier alpha value is -2.34. The molecule has 0 saturated carbocycles. The van der Waals surface area contributed by atoms with Gasteiger partial charge < -0.3 is 4.74 Å². The van der Waals surface area contributed by atoms with Crippen molar-refractivity contribution in [2.45, 2.75) is 6.42 Å². The third-order valence-corrected chi connectivity index (χ3v) is 2.11. The second kappa shape index (κ2) is 5.13. The standard InChI is InChI=1S/C14H10FNO/c1-2-6-11-9-10-13(15)14(16-11)17-12-7-4-3-5-8-12/h1,3-5,7-10H,6H2. The molecule has 0 bridgehead atoms. The largest absolute Gasteiger partial charge is 0.436 e. The summed E-state index contributed by atoms with van der Waals surface area (Å²) in [5, 5.41) is 0. The van der Waals surface area contributed by atoms with E-state index in [0.717, 1.165) is 0 Å². The lowest BCUT2D eigenvalue weighted by molar-refractivity contribution is 0.421. The Morgan fingerprint density at radius 1 is 1.18 bits per heavy atom. The molecule has 2 rings (SSSR count). The van der Waals surface area contributed by atoms with Crippen LogP contribution in [-0.2, 0) is 6.42 Å². The Balaban J connectivity index is 2.26. The van der Waals surface area contributed by atoms with Crippen LogP contribution in [0.5, 0.6) is 11.6 Å². The van der Waals surface area contributed by atoms with Gasteiger partial charge >= 0.3 is 0 Å². The molecule has 3 heteroatoms. The first-order chi connectivity index (χ1) is 8.29. The Labute approximate surface area is 99.1 Å². The molecular weight excluding hydrogens is 217 g/mol. The highest BCUT2D eigenvalue weighted by atomic mass is 19.1. The second-order valence-corrected chi connectivity index (χ2v) is 3.39. The van der Waals surface area contributed by atoms with Gasteiger partial charge in [-0.1, -0.05) is 18.2 Å². The Morgan fingerprint density at radius 3 is 2.65 bits per heavy atom. The highest BCUT2D eigenvalue weighted by molar-refractivity contribution is 5.28. The monoisotopic (exact) mass is 227 g/mol. The van der Waals surface area contributed by atoms with Crippen molar-refractivity contribution in [2.24, 2.45) is 0 Å². The Morgan fingerprint density at radius 2 is 1.94 bits per heavy atom. The molecular formula is C14H10FNO. The summed E-state index contributed by atoms with van der Waals surface area (Å²) in [5.41, 5.74) is 0.611. The van der Waals surface area contributed by atoms with E-state index in [0.29, 0.717) is 17.9 Å². The van der Waals surface area contributed by atoms with Gasteiger partial charge in [-0.2, -0.15) is 0 Å². The summed E-state index contributed by atoms with van der Waals surface area (Å²) >= 11 is 0. The fourth-order valence-electron chi connectivity index (χ4n) is 1.34. The van der Waals surface area contributed by atoms with Crippen LogP contribution in [0.15, 0.2) is 42.5 Å². The molecule has 1 aromatic heterocycles. The lowest BCUT2D eigenvalue weighted by Gasteiger charge is -2.06. The summed E-state index contributed by atoms with van der Waals surface area (Å²) in [4.78, 5) is 4.02. The van der Waals surface area contributed by atoms with Gasteiger partial charge in [-0.15, -0.1) is 12.3 Å². The number of pyridine rings is 1. The maximum absolute atomic E-state index is 13.5. The average Bonchev–Trinajstić information content (AvgIpc) is 2.35. The number of hydrogen-bond donors (Lipinski definition) is 0. The summed E-state index contributed by atoms with van der Waals surface area (Å²) in [6.07, 6.45) is 5.53. The lowest BCUT2D eigenvalue weighted by Crippen LogP contribution is -1.96. The molecule has 17 heavy (non-hydrogen) atoms. The number of benzene rings is 1. The van der Waals surface area contributed by atoms with Crippen LogP contribution in [0, 0.1) is 18.2 Å². The third kappa shape index (κ3) is 2.82. The lowest BCUT2D eigenvalue weighted by atomic mass is 10.3. The van der Waals surface area contributed by atoms with Crippen molar-refractivity contribution in [1.29, 1.82) is 0 Å². The number of halogens is 1. The molecule has 0 saturated heterocycles. The van der Waals surface area contributed by atoms with Crippen LogP contribution >= 0.6 is 0 Å². The van der Waals surface area contributed by atoms with Crippen LogP contribution in [0.1, 0.15) is 5.69 Å². The van der Waals surface area contributed by atoms with Gasteiger partial charge in [0, 0.05) is 0 Å². The Bertz CT molecular complexity index is 546. The van der Waals surface area contributed by atoms with Gasteiger partial charge in [-0.25, -0.2) is 9.37 Å². The second-order valence-electron chi connectivity index (χ2n) is 3.39. The van der Waals surface area contributed by atoms with Crippen molar-refractivity contribution in [3.63, 3.8) is 0 Å². The first-order valence-corrected chi connectivity index (χ1v) is 5.11. The zero-order valence-corrected chi connectivity index (χ0v) is 9.06. The number of nitrogens with zero attached hydrogens (tertiary/aromatic N) is 1. The molecule has 2 aromatic rings. The SMILES string of the molecule is C#CCc1ccc(F)c(Oc2ccccc2)n1. The summed E-state index contributed by atoms with van der Waals surface area (Å²) in [6.45, 7) is 0. The van der Waals surface area contributed by atoms with Crippen molar-refractivity contribution in [1.82, 2.24) is 4.98 Å². The van der Waals surface area contributed by atoms with E-state index in [1.165, 1.54) is 6.07 Å². The minimum atomic E-state index is -0.505. The summed E-state index contributed by atoms with van der Waals surface area (Å²) in [7, 11) is 0. The molecule has 2 nitrogen and oxygen atoms in total. The summed E-state index contributed by atoms with van der Waals surface area (Å²) < 4.78 is 18.8. The average molecular weight is 227 g/mol. The van der Waals surface area contributed by atoms with E-state index >= 15 is 0 Å². The minimum absolute atomic E-state index is 0.0519. The van der Waals surface area contributed by atoms with E-state index in [4.69, 9.17) is 11.2 Å². The van der Waals surface area contributed by atoms with E-state index in [1.807, 2.05) is 6.07 Å². The molecule has 1 aromatic carbocycles. The van der Waals surface area contributed by atoms with Crippen LogP contribution < -0.4 is 4.74 Å². The summed E-state index contributed by atoms with van der Waals surface area (Å²) in [5.74, 6) is 2.44. The summed E-state index contributed by atoms with van der Waals surface area (Å²) in [6, 6.07) is 11.8. The van der Waals surface area contributed by atoms with E-state index in [2.05, 4.69) is 10.9 Å². The molecule has 0 amide bonds. The van der Waals surface area contributed by atoms with Crippen LogP contribution in [0.3, 0.4) is 0 Å². The van der Waals surface area contributed by atoms with Gasteiger partial charge in [-0.05, 0) is 24.3 Å². The molecule has 0 N–H and O–H groups in total. The quantitative estimate of drug-likeness (QED) is 0.751. The number of hydrogen-bond acceptors (Lipinski definition) is 2. The molecule has 0 fully saturated rings. The fraction of sp³-hybridized carbons (Fsp3) is 0.0714. The normalized spacial score (nSPS) is 9.65. The van der Waals surface area contributed by atoms with Crippen molar-refractivity contribution in [3.05, 3.63) is 54.0 Å². The van der Waals surface area contributed by atoms with E-state index < -0.39 is 5.82 Å². The predicted octanol–water partition coefficient (Wildman–Crippen LogP) is 3.19. The number of aromatic nitrogens is 1. The van der Waals surface area contributed by atoms with Gasteiger partial charge in [-0.3, -0.25) is 0 Å². The molecule has 0 spiro atoms. The van der Waals surface area contributed by atoms with Gasteiger partial charge in [0.2, 0.25) is 0 Å². The molecule has 84 valence electrons. The van der Waals surface area contributed by atoms with E-state index in [-0.39, 0.29) is 5.88 Å². The smallest absolute Gasteiger partial charge is 0.256 e. The number of para-hydroxylation sites is 1. The van der Waals surface area contributed by atoms with Crippen molar-refractivity contribution >= 4 is 0 Å². The van der Waals surface area contributed by atoms with E-state index in [9.17, 15) is 4.39 Å². The number of ether oxygens (including phenoxy) is 1. The minimum Gasteiger partial charge on any atom is -0.436 e. The molecule has 1 heterocycles. The molecule has 0 aliphatic carbocycles. The first kappa shape index (κ1) is 11.2. The maximum atomic E-state index is 13.5. The Kier molecular flexibility index (Phi) is 3.37. The van der Waals surface area contributed by atoms with Crippen LogP contribution in [0.2, 0.25) is 0 Å². The fourth-order valence-corrected chi connectivity index (χ4v) is 1.34. The predicted molar refractivity (Wildman–Crippen MR) is 63.2 cm³/mol. The zero-order valence-electron chi connectivity index (χ0n) is 9.06. The van der Waals surface area contributed by atoms with Gasteiger partial charge in [0.1, 0.15) is 5.75 Å². The highest BCUT2D eigenvalue weighted by Gasteiger charge is 2.07. The maximum Gasteiger partial charge on any atom is 0.256 e. The van der Waals surface area contributed by atoms with Crippen LogP contribution in [0.25, 0.3) is 0 Å². The van der Waals surface area contributed by atoms with E-state index in [1.54, 1.807) is 30.3 Å². The van der Waals surface area contributed by atoms with Gasteiger partial charge in [0.05, 0.1) is 12.1 Å². The van der Waals surface area contributed by atoms with Crippen molar-refractivity contribution in [2.75, 3.05) is 0 Å². The van der Waals surface area contributed by atoms with Gasteiger partial charge in [0.15, 0.2) is 5.82 Å². The topological polar surface area (TPSA) is 22.1 Å². The molecule has 0 radical (unpaired) electrons.